The zero-order valence-corrected chi connectivity index (χ0v) is 16.5. The van der Waals surface area contributed by atoms with Gasteiger partial charge in [0.25, 0.3) is 0 Å². The molecule has 2 N–H and O–H groups in total. The predicted octanol–water partition coefficient (Wildman–Crippen LogP) is 4.13. The van der Waals surface area contributed by atoms with Crippen molar-refractivity contribution >= 4 is 35.0 Å². The fraction of sp³-hybridized carbons (Fsp3) is 0.579. The van der Waals surface area contributed by atoms with Crippen molar-refractivity contribution in [3.8, 4) is 0 Å². The highest BCUT2D eigenvalue weighted by Gasteiger charge is 2.25. The predicted molar refractivity (Wildman–Crippen MR) is 105 cm³/mol. The summed E-state index contributed by atoms with van der Waals surface area (Å²) in [4.78, 5) is 24.7. The van der Waals surface area contributed by atoms with Crippen LogP contribution >= 0.6 is 23.1 Å². The molecule has 0 aromatic carbocycles. The molecular weight excluding hydrogens is 370 g/mol. The molecule has 26 heavy (non-hydrogen) atoms. The largest absolute Gasteiger partial charge is 0.481 e. The molecule has 1 unspecified atom stereocenters. The normalized spacial score (nSPS) is 19.2. The van der Waals surface area contributed by atoms with Crippen molar-refractivity contribution in [1.29, 1.82) is 0 Å². The number of hydrogen-bond acceptors (Lipinski definition) is 5. The Balaban J connectivity index is 1.77. The molecular formula is C19H27NO4S2. The first-order chi connectivity index (χ1) is 12.6. The molecule has 7 heteroatoms. The third-order valence-corrected chi connectivity index (χ3v) is 6.39. The lowest BCUT2D eigenvalue weighted by molar-refractivity contribution is -0.137. The summed E-state index contributed by atoms with van der Waals surface area (Å²) in [5.41, 5.74) is -0.608. The van der Waals surface area contributed by atoms with E-state index >= 15 is 0 Å². The summed E-state index contributed by atoms with van der Waals surface area (Å²) in [6, 6.07) is 3.99. The highest BCUT2D eigenvalue weighted by molar-refractivity contribution is 8.01. The van der Waals surface area contributed by atoms with Crippen molar-refractivity contribution in [3.05, 3.63) is 29.7 Å². The van der Waals surface area contributed by atoms with Gasteiger partial charge < -0.3 is 15.1 Å². The van der Waals surface area contributed by atoms with E-state index in [4.69, 9.17) is 5.11 Å². The number of aliphatic hydroxyl groups is 1. The van der Waals surface area contributed by atoms with Crippen LogP contribution in [-0.2, 0) is 9.59 Å². The van der Waals surface area contributed by atoms with Gasteiger partial charge in [0.05, 0.1) is 10.3 Å². The van der Waals surface area contributed by atoms with Crippen LogP contribution in [0.15, 0.2) is 33.9 Å². The summed E-state index contributed by atoms with van der Waals surface area (Å²) in [5.74, 6) is -0.572. The van der Waals surface area contributed by atoms with E-state index in [1.54, 1.807) is 17.4 Å². The summed E-state index contributed by atoms with van der Waals surface area (Å²) in [5, 5.41) is 20.8. The number of carboxylic acids is 1. The molecule has 1 fully saturated rings. The number of amides is 1. The van der Waals surface area contributed by atoms with Gasteiger partial charge in [-0.15, -0.1) is 11.3 Å². The maximum absolute atomic E-state index is 12.3. The van der Waals surface area contributed by atoms with Crippen LogP contribution in [0.5, 0.6) is 0 Å². The quantitative estimate of drug-likeness (QED) is 0.254. The highest BCUT2D eigenvalue weighted by Crippen LogP contribution is 2.28. The molecule has 1 amide bonds. The number of nitrogens with zero attached hydrogens (tertiary/aromatic N) is 1. The maximum atomic E-state index is 12.3. The van der Waals surface area contributed by atoms with E-state index in [1.165, 1.54) is 11.8 Å². The SMILES string of the molecule is O=C(O)CCCCCCN1C(=O)CCC[C@@H]1C=CC(O)Sc1cccs1. The van der Waals surface area contributed by atoms with Crippen LogP contribution in [0.4, 0.5) is 0 Å². The molecule has 1 aromatic heterocycles. The van der Waals surface area contributed by atoms with Crippen molar-refractivity contribution in [2.45, 2.75) is 67.1 Å². The monoisotopic (exact) mass is 397 g/mol. The Morgan fingerprint density at radius 3 is 2.92 bits per heavy atom. The number of thiophene rings is 1. The molecule has 1 aromatic rings. The van der Waals surface area contributed by atoms with Crippen molar-refractivity contribution in [3.63, 3.8) is 0 Å². The third-order valence-electron chi connectivity index (χ3n) is 4.38. The van der Waals surface area contributed by atoms with Gasteiger partial charge in [0.15, 0.2) is 0 Å². The van der Waals surface area contributed by atoms with E-state index in [0.29, 0.717) is 19.4 Å². The Kier molecular flexibility index (Phi) is 9.22. The van der Waals surface area contributed by atoms with Crippen LogP contribution in [0.2, 0.25) is 0 Å². The van der Waals surface area contributed by atoms with Crippen LogP contribution in [-0.4, -0.2) is 45.0 Å². The van der Waals surface area contributed by atoms with Gasteiger partial charge in [0.1, 0.15) is 5.44 Å². The lowest BCUT2D eigenvalue weighted by Crippen LogP contribution is -2.43. The fourth-order valence-corrected chi connectivity index (χ4v) is 4.76. The Labute approximate surface area is 163 Å². The molecule has 2 atom stereocenters. The van der Waals surface area contributed by atoms with Gasteiger partial charge in [0, 0.05) is 19.4 Å². The number of likely N-dealkylation sites (tertiary alicyclic amines) is 1. The van der Waals surface area contributed by atoms with E-state index < -0.39 is 11.4 Å². The topological polar surface area (TPSA) is 77.8 Å². The van der Waals surface area contributed by atoms with Crippen LogP contribution in [0.3, 0.4) is 0 Å². The number of piperidine rings is 1. The van der Waals surface area contributed by atoms with Gasteiger partial charge in [-0.3, -0.25) is 9.59 Å². The highest BCUT2D eigenvalue weighted by atomic mass is 32.2. The van der Waals surface area contributed by atoms with Gasteiger partial charge >= 0.3 is 5.97 Å². The Bertz CT molecular complexity index is 588. The second-order valence-electron chi connectivity index (χ2n) is 6.43. The minimum Gasteiger partial charge on any atom is -0.481 e. The van der Waals surface area contributed by atoms with Crippen molar-refractivity contribution in [1.82, 2.24) is 4.90 Å². The summed E-state index contributed by atoms with van der Waals surface area (Å²) >= 11 is 3.01. The summed E-state index contributed by atoms with van der Waals surface area (Å²) in [6.07, 6.45) is 9.77. The standard InChI is InChI=1S/C19H27NO4S2/c21-16-8-5-7-15(11-12-18(24)26-19-10-6-14-25-19)20(16)13-4-2-1-3-9-17(22)23/h6,10-12,14-15,18,24H,1-5,7-9,13H2,(H,22,23)/t15-,18?/m1/s1. The van der Waals surface area contributed by atoms with Gasteiger partial charge in [-0.05, 0) is 43.2 Å². The number of aliphatic carboxylic acids is 1. The van der Waals surface area contributed by atoms with Crippen molar-refractivity contribution < 1.29 is 19.8 Å². The lowest BCUT2D eigenvalue weighted by atomic mass is 10.00. The smallest absolute Gasteiger partial charge is 0.303 e. The third kappa shape index (κ3) is 7.51. The van der Waals surface area contributed by atoms with Gasteiger partial charge in [-0.1, -0.05) is 36.7 Å². The summed E-state index contributed by atoms with van der Waals surface area (Å²) in [7, 11) is 0. The number of aliphatic hydroxyl groups excluding tert-OH is 1. The molecule has 1 saturated heterocycles. The molecule has 5 nitrogen and oxygen atoms in total. The Morgan fingerprint density at radius 2 is 2.19 bits per heavy atom. The number of carbonyl (C=O) groups excluding carboxylic acids is 1. The number of rotatable bonds is 11. The van der Waals surface area contributed by atoms with E-state index in [-0.39, 0.29) is 18.4 Å². The molecule has 0 aliphatic carbocycles. The first kappa shape index (κ1) is 21.0. The maximum Gasteiger partial charge on any atom is 0.303 e. The minimum absolute atomic E-state index is 0.0499. The first-order valence-corrected chi connectivity index (χ1v) is 10.9. The second kappa shape index (κ2) is 11.4. The molecule has 0 saturated carbocycles. The van der Waals surface area contributed by atoms with E-state index in [9.17, 15) is 14.7 Å². The summed E-state index contributed by atoms with van der Waals surface area (Å²) in [6.45, 7) is 0.703. The molecule has 1 aliphatic rings. The molecule has 0 radical (unpaired) electrons. The number of thioether (sulfide) groups is 1. The molecule has 2 rings (SSSR count). The number of carboxylic acid groups (broad SMARTS) is 1. The average molecular weight is 398 g/mol. The van der Waals surface area contributed by atoms with Gasteiger partial charge in [0.2, 0.25) is 5.91 Å². The first-order valence-electron chi connectivity index (χ1n) is 9.14. The van der Waals surface area contributed by atoms with Crippen molar-refractivity contribution in [2.75, 3.05) is 6.54 Å². The van der Waals surface area contributed by atoms with Crippen LogP contribution in [0.1, 0.15) is 51.4 Å². The van der Waals surface area contributed by atoms with E-state index in [1.807, 2.05) is 28.5 Å². The zero-order chi connectivity index (χ0) is 18.8. The summed E-state index contributed by atoms with van der Waals surface area (Å²) < 4.78 is 1.07. The van der Waals surface area contributed by atoms with E-state index in [0.717, 1.165) is 36.3 Å². The molecule has 1 aliphatic heterocycles. The lowest BCUT2D eigenvalue weighted by Gasteiger charge is -2.34. The Hall–Kier alpha value is -1.31. The van der Waals surface area contributed by atoms with Crippen LogP contribution in [0.25, 0.3) is 0 Å². The van der Waals surface area contributed by atoms with E-state index in [2.05, 4.69) is 0 Å². The molecule has 2 heterocycles. The fourth-order valence-electron chi connectivity index (χ4n) is 3.06. The van der Waals surface area contributed by atoms with Gasteiger partial charge in [-0.25, -0.2) is 0 Å². The molecule has 144 valence electrons. The van der Waals surface area contributed by atoms with Crippen molar-refractivity contribution in [2.24, 2.45) is 0 Å². The molecule has 0 bridgehead atoms. The van der Waals surface area contributed by atoms with Gasteiger partial charge in [-0.2, -0.15) is 0 Å². The van der Waals surface area contributed by atoms with Crippen LogP contribution < -0.4 is 0 Å². The Morgan fingerprint density at radius 1 is 1.38 bits per heavy atom. The minimum atomic E-state index is -0.750. The molecule has 0 spiro atoms. The number of carbonyl (C=O) groups is 2. The van der Waals surface area contributed by atoms with Crippen LogP contribution in [0, 0.1) is 0 Å². The number of hydrogen-bond donors (Lipinski definition) is 2. The average Bonchev–Trinajstić information content (AvgIpc) is 3.10. The number of unbranched alkanes of at least 4 members (excludes halogenated alkanes) is 3. The zero-order valence-electron chi connectivity index (χ0n) is 14.9. The second-order valence-corrected chi connectivity index (χ2v) is 8.79.